The lowest BCUT2D eigenvalue weighted by molar-refractivity contribution is -0.137. The van der Waals surface area contributed by atoms with Crippen molar-refractivity contribution < 1.29 is 9.53 Å². The van der Waals surface area contributed by atoms with Crippen LogP contribution in [0.15, 0.2) is 65.8 Å². The molecule has 2 atom stereocenters. The van der Waals surface area contributed by atoms with Crippen molar-refractivity contribution >= 4 is 17.4 Å². The third-order valence-electron chi connectivity index (χ3n) is 3.87. The minimum Gasteiger partial charge on any atom is -0.445 e. The Balaban J connectivity index is 1.91. The maximum atomic E-state index is 12.3. The zero-order valence-corrected chi connectivity index (χ0v) is 13.4. The number of hydrazone groups is 1. The Morgan fingerprint density at radius 3 is 2.46 bits per heavy atom. The zero-order valence-electron chi connectivity index (χ0n) is 13.4. The minimum atomic E-state index is -0.568. The molecular weight excluding hydrogens is 300 g/mol. The summed E-state index contributed by atoms with van der Waals surface area (Å²) in [6.45, 7) is 1.66. The van der Waals surface area contributed by atoms with E-state index in [4.69, 9.17) is 11.2 Å². The van der Waals surface area contributed by atoms with Crippen LogP contribution in [0.4, 0.5) is 5.69 Å². The lowest BCUT2D eigenvalue weighted by Crippen LogP contribution is -2.21. The maximum absolute atomic E-state index is 12.3. The lowest BCUT2D eigenvalue weighted by atomic mass is 10.0. The predicted molar refractivity (Wildman–Crippen MR) is 94.5 cm³/mol. The van der Waals surface area contributed by atoms with Crippen LogP contribution in [0.25, 0.3) is 0 Å². The molecule has 1 aliphatic heterocycles. The Labute approximate surface area is 141 Å². The highest BCUT2D eigenvalue weighted by Gasteiger charge is 2.33. The monoisotopic (exact) mass is 318 g/mol. The van der Waals surface area contributed by atoms with Crippen LogP contribution in [0, 0.1) is 12.3 Å². The van der Waals surface area contributed by atoms with Crippen LogP contribution in [0.5, 0.6) is 0 Å². The van der Waals surface area contributed by atoms with Crippen molar-refractivity contribution in [2.24, 2.45) is 5.10 Å². The predicted octanol–water partition coefficient (Wildman–Crippen LogP) is 3.56. The van der Waals surface area contributed by atoms with Gasteiger partial charge in [-0.2, -0.15) is 5.10 Å². The van der Waals surface area contributed by atoms with Crippen LogP contribution >= 0.6 is 0 Å². The zero-order chi connectivity index (χ0) is 16.9. The summed E-state index contributed by atoms with van der Waals surface area (Å²) in [6, 6.07) is 19.7. The molecule has 0 radical (unpaired) electrons. The topological polar surface area (TPSA) is 41.9 Å². The summed E-state index contributed by atoms with van der Waals surface area (Å²) >= 11 is 0. The standard InChI is InChI=1S/C20H18N2O2/c1-3-15(2)24-20(23)18-14-19(16-10-6-4-7-11-16)22(21-18)17-12-8-5-9-13-17/h1,4-13,15,19H,14H2,2H3/t15-,19+/m0/s1. The van der Waals surface area contributed by atoms with E-state index in [9.17, 15) is 4.79 Å². The number of nitrogens with zero attached hydrogens (tertiary/aromatic N) is 2. The molecule has 0 unspecified atom stereocenters. The van der Waals surface area contributed by atoms with Gasteiger partial charge in [-0.05, 0) is 24.6 Å². The number of benzene rings is 2. The molecule has 0 amide bonds. The van der Waals surface area contributed by atoms with E-state index in [-0.39, 0.29) is 6.04 Å². The van der Waals surface area contributed by atoms with Crippen molar-refractivity contribution in [3.8, 4) is 12.3 Å². The van der Waals surface area contributed by atoms with Crippen LogP contribution in [0.2, 0.25) is 0 Å². The molecule has 0 spiro atoms. The molecular formula is C20H18N2O2. The van der Waals surface area contributed by atoms with Gasteiger partial charge in [-0.15, -0.1) is 6.42 Å². The van der Waals surface area contributed by atoms with Crippen molar-refractivity contribution in [3.63, 3.8) is 0 Å². The number of terminal acetylenes is 1. The molecule has 2 aromatic carbocycles. The number of carbonyl (C=O) groups is 1. The first-order valence-electron chi connectivity index (χ1n) is 7.83. The molecule has 0 saturated heterocycles. The molecule has 24 heavy (non-hydrogen) atoms. The molecule has 1 aliphatic rings. The second kappa shape index (κ2) is 7.01. The summed E-state index contributed by atoms with van der Waals surface area (Å²) in [5.74, 6) is 1.93. The Morgan fingerprint density at radius 1 is 1.21 bits per heavy atom. The first-order valence-corrected chi connectivity index (χ1v) is 7.83. The molecule has 0 fully saturated rings. The second-order valence-electron chi connectivity index (χ2n) is 5.57. The van der Waals surface area contributed by atoms with Crippen molar-refractivity contribution in [2.75, 3.05) is 5.01 Å². The van der Waals surface area contributed by atoms with Crippen LogP contribution in [0.1, 0.15) is 24.9 Å². The normalized spacial score (nSPS) is 17.8. The molecule has 2 aromatic rings. The molecule has 0 bridgehead atoms. The quantitative estimate of drug-likeness (QED) is 0.639. The van der Waals surface area contributed by atoms with Crippen molar-refractivity contribution in [1.82, 2.24) is 0 Å². The summed E-state index contributed by atoms with van der Waals surface area (Å²) in [5.41, 5.74) is 2.41. The van der Waals surface area contributed by atoms with Crippen LogP contribution in [0.3, 0.4) is 0 Å². The second-order valence-corrected chi connectivity index (χ2v) is 5.57. The van der Waals surface area contributed by atoms with Gasteiger partial charge >= 0.3 is 5.97 Å². The molecule has 0 saturated carbocycles. The highest BCUT2D eigenvalue weighted by Crippen LogP contribution is 2.35. The number of ether oxygens (including phenoxy) is 1. The largest absolute Gasteiger partial charge is 0.445 e. The Bertz CT molecular complexity index is 778. The third kappa shape index (κ3) is 3.31. The first kappa shape index (κ1) is 15.8. The molecule has 3 rings (SSSR count). The van der Waals surface area contributed by atoms with E-state index in [1.807, 2.05) is 65.7 Å². The first-order chi connectivity index (χ1) is 11.7. The minimum absolute atomic E-state index is 0.0442. The smallest absolute Gasteiger partial charge is 0.355 e. The number of hydrogen-bond donors (Lipinski definition) is 0. The van der Waals surface area contributed by atoms with Gasteiger partial charge in [0, 0.05) is 6.42 Å². The summed E-state index contributed by atoms with van der Waals surface area (Å²) in [7, 11) is 0. The Hall–Kier alpha value is -3.06. The van der Waals surface area contributed by atoms with E-state index in [2.05, 4.69) is 11.0 Å². The van der Waals surface area contributed by atoms with E-state index < -0.39 is 12.1 Å². The highest BCUT2D eigenvalue weighted by atomic mass is 16.5. The molecule has 0 N–H and O–H groups in total. The number of hydrogen-bond acceptors (Lipinski definition) is 4. The summed E-state index contributed by atoms with van der Waals surface area (Å²) in [4.78, 5) is 12.3. The number of rotatable bonds is 4. The van der Waals surface area contributed by atoms with Crippen LogP contribution in [-0.4, -0.2) is 17.8 Å². The van der Waals surface area contributed by atoms with Gasteiger partial charge in [0.2, 0.25) is 0 Å². The van der Waals surface area contributed by atoms with Crippen molar-refractivity contribution in [1.29, 1.82) is 0 Å². The summed E-state index contributed by atoms with van der Waals surface area (Å²) in [5, 5.41) is 6.38. The average molecular weight is 318 g/mol. The molecule has 0 aromatic heterocycles. The third-order valence-corrected chi connectivity index (χ3v) is 3.87. The fourth-order valence-electron chi connectivity index (χ4n) is 2.65. The van der Waals surface area contributed by atoms with Crippen LogP contribution < -0.4 is 5.01 Å². The maximum Gasteiger partial charge on any atom is 0.355 e. The van der Waals surface area contributed by atoms with E-state index in [1.165, 1.54) is 0 Å². The summed E-state index contributed by atoms with van der Waals surface area (Å²) < 4.78 is 5.22. The van der Waals surface area contributed by atoms with Gasteiger partial charge in [0.1, 0.15) is 5.71 Å². The van der Waals surface area contributed by atoms with Gasteiger partial charge in [0.05, 0.1) is 11.7 Å². The van der Waals surface area contributed by atoms with Gasteiger partial charge in [-0.25, -0.2) is 4.79 Å². The molecule has 4 nitrogen and oxygen atoms in total. The SMILES string of the molecule is C#C[C@H](C)OC(=O)C1=NN(c2ccccc2)[C@@H](c2ccccc2)C1. The van der Waals surface area contributed by atoms with Gasteiger partial charge in [-0.3, -0.25) is 5.01 Å². The molecule has 1 heterocycles. The number of para-hydroxylation sites is 1. The van der Waals surface area contributed by atoms with Crippen molar-refractivity contribution in [3.05, 3.63) is 66.2 Å². The average Bonchev–Trinajstić information content (AvgIpc) is 3.08. The number of esters is 1. The van der Waals surface area contributed by atoms with E-state index in [0.29, 0.717) is 12.1 Å². The van der Waals surface area contributed by atoms with Crippen LogP contribution in [-0.2, 0) is 9.53 Å². The highest BCUT2D eigenvalue weighted by molar-refractivity contribution is 6.37. The molecule has 4 heteroatoms. The Morgan fingerprint density at radius 2 is 1.83 bits per heavy atom. The molecule has 0 aliphatic carbocycles. The van der Waals surface area contributed by atoms with Gasteiger partial charge in [0.15, 0.2) is 6.10 Å². The Kier molecular flexibility index (Phi) is 4.62. The van der Waals surface area contributed by atoms with Gasteiger partial charge in [-0.1, -0.05) is 54.5 Å². The summed E-state index contributed by atoms with van der Waals surface area (Å²) in [6.07, 6.45) is 5.19. The van der Waals surface area contributed by atoms with Gasteiger partial charge < -0.3 is 4.74 Å². The van der Waals surface area contributed by atoms with Crippen molar-refractivity contribution in [2.45, 2.75) is 25.5 Å². The fourth-order valence-corrected chi connectivity index (χ4v) is 2.65. The lowest BCUT2D eigenvalue weighted by Gasteiger charge is -2.23. The number of carbonyl (C=O) groups excluding carboxylic acids is 1. The number of anilines is 1. The van der Waals surface area contributed by atoms with E-state index >= 15 is 0 Å². The van der Waals surface area contributed by atoms with E-state index in [0.717, 1.165) is 11.3 Å². The van der Waals surface area contributed by atoms with Gasteiger partial charge in [0.25, 0.3) is 0 Å². The molecule has 120 valence electrons. The fraction of sp³-hybridized carbons (Fsp3) is 0.200. The van der Waals surface area contributed by atoms with E-state index in [1.54, 1.807) is 6.92 Å².